The van der Waals surface area contributed by atoms with E-state index in [4.69, 9.17) is 21.4 Å². The number of hydrogen-bond donors (Lipinski definition) is 2. The Labute approximate surface area is 105 Å². The van der Waals surface area contributed by atoms with Gasteiger partial charge in [0.1, 0.15) is 0 Å². The molecule has 0 fully saturated rings. The molecule has 17 heavy (non-hydrogen) atoms. The Morgan fingerprint density at radius 2 is 2.18 bits per heavy atom. The lowest BCUT2D eigenvalue weighted by Crippen LogP contribution is -2.16. The van der Waals surface area contributed by atoms with E-state index < -0.39 is 0 Å². The second-order valence-electron chi connectivity index (χ2n) is 3.58. The summed E-state index contributed by atoms with van der Waals surface area (Å²) in [5.41, 5.74) is 0. The zero-order chi connectivity index (χ0) is 12.7. The molecule has 0 aromatic carbocycles. The highest BCUT2D eigenvalue weighted by molar-refractivity contribution is 6.28. The molecule has 0 saturated heterocycles. The van der Waals surface area contributed by atoms with Crippen LogP contribution in [-0.2, 0) is 0 Å². The van der Waals surface area contributed by atoms with Gasteiger partial charge >= 0.3 is 6.01 Å². The molecular weight excluding hydrogens is 244 g/mol. The Morgan fingerprint density at radius 1 is 1.41 bits per heavy atom. The molecule has 0 aliphatic heterocycles. The van der Waals surface area contributed by atoms with Crippen LogP contribution in [0.25, 0.3) is 0 Å². The number of ether oxygens (including phenoxy) is 1. The fourth-order valence-electron chi connectivity index (χ4n) is 1.37. The summed E-state index contributed by atoms with van der Waals surface area (Å²) in [4.78, 5) is 11.7. The maximum Gasteiger partial charge on any atom is 0.322 e. The van der Waals surface area contributed by atoms with Crippen molar-refractivity contribution in [2.75, 3.05) is 25.6 Å². The van der Waals surface area contributed by atoms with Crippen LogP contribution in [0, 0.1) is 5.92 Å². The van der Waals surface area contributed by atoms with Gasteiger partial charge in [-0.05, 0) is 23.9 Å². The van der Waals surface area contributed by atoms with Gasteiger partial charge in [0.15, 0.2) is 0 Å². The zero-order valence-electron chi connectivity index (χ0n) is 9.98. The number of rotatable bonds is 7. The summed E-state index contributed by atoms with van der Waals surface area (Å²) in [5, 5.41) is 12.0. The molecule has 1 atom stereocenters. The Morgan fingerprint density at radius 3 is 2.76 bits per heavy atom. The van der Waals surface area contributed by atoms with Crippen LogP contribution in [-0.4, -0.2) is 40.3 Å². The molecule has 2 N–H and O–H groups in total. The Hall–Kier alpha value is -1.14. The molecule has 1 unspecified atom stereocenters. The fraction of sp³-hybridized carbons (Fsp3) is 0.700. The molecular formula is C10H17ClN4O2. The van der Waals surface area contributed by atoms with E-state index in [1.165, 1.54) is 7.11 Å². The van der Waals surface area contributed by atoms with E-state index in [0.29, 0.717) is 18.4 Å². The lowest BCUT2D eigenvalue weighted by atomic mass is 10.0. The van der Waals surface area contributed by atoms with Gasteiger partial charge in [-0.1, -0.05) is 13.3 Å². The standard InChI is InChI=1S/C10H17ClN4O2/c1-3-7(4-5-16)6-12-9-13-8(11)14-10(15-9)17-2/h7,16H,3-6H2,1-2H3,(H,12,13,14,15). The maximum atomic E-state index is 8.88. The van der Waals surface area contributed by atoms with Crippen LogP contribution >= 0.6 is 11.6 Å². The average Bonchev–Trinajstić information content (AvgIpc) is 2.33. The number of aliphatic hydroxyl groups excluding tert-OH is 1. The van der Waals surface area contributed by atoms with Crippen molar-refractivity contribution in [2.24, 2.45) is 5.92 Å². The molecule has 1 rings (SSSR count). The van der Waals surface area contributed by atoms with Crippen LogP contribution < -0.4 is 10.1 Å². The summed E-state index contributed by atoms with van der Waals surface area (Å²) in [6.07, 6.45) is 1.73. The van der Waals surface area contributed by atoms with Crippen LogP contribution in [0.1, 0.15) is 19.8 Å². The van der Waals surface area contributed by atoms with Crippen molar-refractivity contribution in [3.8, 4) is 6.01 Å². The van der Waals surface area contributed by atoms with E-state index in [-0.39, 0.29) is 17.9 Å². The summed E-state index contributed by atoms with van der Waals surface area (Å²) in [5.74, 6) is 0.764. The van der Waals surface area contributed by atoms with Crippen molar-refractivity contribution < 1.29 is 9.84 Å². The molecule has 0 radical (unpaired) electrons. The third-order valence-corrected chi connectivity index (χ3v) is 2.60. The second kappa shape index (κ2) is 7.24. The number of aromatic nitrogens is 3. The second-order valence-corrected chi connectivity index (χ2v) is 3.92. The number of aliphatic hydroxyl groups is 1. The van der Waals surface area contributed by atoms with Gasteiger partial charge in [0, 0.05) is 13.2 Å². The molecule has 0 aliphatic rings. The third-order valence-electron chi connectivity index (χ3n) is 2.43. The van der Waals surface area contributed by atoms with Gasteiger partial charge in [-0.3, -0.25) is 0 Å². The van der Waals surface area contributed by atoms with Gasteiger partial charge in [-0.25, -0.2) is 0 Å². The van der Waals surface area contributed by atoms with Crippen molar-refractivity contribution in [3.05, 3.63) is 5.28 Å². The van der Waals surface area contributed by atoms with Gasteiger partial charge in [-0.15, -0.1) is 0 Å². The highest BCUT2D eigenvalue weighted by atomic mass is 35.5. The monoisotopic (exact) mass is 260 g/mol. The Bertz CT molecular complexity index is 351. The maximum absolute atomic E-state index is 8.88. The summed E-state index contributed by atoms with van der Waals surface area (Å²) >= 11 is 5.72. The molecule has 0 amide bonds. The number of hydrogen-bond acceptors (Lipinski definition) is 6. The van der Waals surface area contributed by atoms with E-state index >= 15 is 0 Å². The van der Waals surface area contributed by atoms with E-state index in [2.05, 4.69) is 27.2 Å². The first-order valence-corrected chi connectivity index (χ1v) is 5.87. The van der Waals surface area contributed by atoms with Crippen molar-refractivity contribution in [3.63, 3.8) is 0 Å². The molecule has 7 heteroatoms. The van der Waals surface area contributed by atoms with Gasteiger partial charge in [0.25, 0.3) is 0 Å². The van der Waals surface area contributed by atoms with Crippen molar-refractivity contribution in [1.29, 1.82) is 0 Å². The first-order valence-electron chi connectivity index (χ1n) is 5.49. The number of methoxy groups -OCH3 is 1. The van der Waals surface area contributed by atoms with Crippen molar-refractivity contribution in [1.82, 2.24) is 15.0 Å². The SMILES string of the molecule is CCC(CCO)CNc1nc(Cl)nc(OC)n1. The minimum Gasteiger partial charge on any atom is -0.467 e. The molecule has 1 aromatic rings. The largest absolute Gasteiger partial charge is 0.467 e. The van der Waals surface area contributed by atoms with Crippen molar-refractivity contribution in [2.45, 2.75) is 19.8 Å². The number of halogens is 1. The van der Waals surface area contributed by atoms with E-state index in [1.807, 2.05) is 0 Å². The summed E-state index contributed by atoms with van der Waals surface area (Å²) in [6, 6.07) is 0.183. The van der Waals surface area contributed by atoms with E-state index in [0.717, 1.165) is 12.8 Å². The topological polar surface area (TPSA) is 80.2 Å². The average molecular weight is 261 g/mol. The molecule has 96 valence electrons. The highest BCUT2D eigenvalue weighted by Crippen LogP contribution is 2.13. The van der Waals surface area contributed by atoms with Gasteiger partial charge in [0.2, 0.25) is 11.2 Å². The van der Waals surface area contributed by atoms with Gasteiger partial charge in [-0.2, -0.15) is 15.0 Å². The van der Waals surface area contributed by atoms with Gasteiger partial charge < -0.3 is 15.2 Å². The third kappa shape index (κ3) is 4.70. The highest BCUT2D eigenvalue weighted by Gasteiger charge is 2.08. The Kier molecular flexibility index (Phi) is 5.93. The minimum atomic E-state index is 0.0922. The van der Waals surface area contributed by atoms with Gasteiger partial charge in [0.05, 0.1) is 7.11 Å². The van der Waals surface area contributed by atoms with Crippen LogP contribution in [0.15, 0.2) is 0 Å². The smallest absolute Gasteiger partial charge is 0.322 e. The molecule has 0 spiro atoms. The first-order chi connectivity index (χ1) is 8.19. The lowest BCUT2D eigenvalue weighted by Gasteiger charge is -2.14. The zero-order valence-corrected chi connectivity index (χ0v) is 10.7. The fourth-order valence-corrected chi connectivity index (χ4v) is 1.52. The predicted octanol–water partition coefficient (Wildman–Crippen LogP) is 1.35. The first kappa shape index (κ1) is 13.9. The molecule has 1 aromatic heterocycles. The molecule has 0 bridgehead atoms. The summed E-state index contributed by atoms with van der Waals surface area (Å²) in [6.45, 7) is 2.94. The van der Waals surface area contributed by atoms with E-state index in [9.17, 15) is 0 Å². The van der Waals surface area contributed by atoms with Crippen LogP contribution in [0.3, 0.4) is 0 Å². The number of nitrogens with one attached hydrogen (secondary N) is 1. The lowest BCUT2D eigenvalue weighted by molar-refractivity contribution is 0.258. The normalized spacial score (nSPS) is 12.2. The predicted molar refractivity (Wildman–Crippen MR) is 65.4 cm³/mol. The quantitative estimate of drug-likeness (QED) is 0.770. The number of anilines is 1. The molecule has 0 aliphatic carbocycles. The van der Waals surface area contributed by atoms with Crippen LogP contribution in [0.5, 0.6) is 6.01 Å². The molecule has 0 saturated carbocycles. The van der Waals surface area contributed by atoms with Crippen LogP contribution in [0.2, 0.25) is 5.28 Å². The van der Waals surface area contributed by atoms with Crippen LogP contribution in [0.4, 0.5) is 5.95 Å². The van der Waals surface area contributed by atoms with E-state index in [1.54, 1.807) is 0 Å². The van der Waals surface area contributed by atoms with Crippen molar-refractivity contribution >= 4 is 17.5 Å². The number of nitrogens with zero attached hydrogens (tertiary/aromatic N) is 3. The Balaban J connectivity index is 2.58. The minimum absolute atomic E-state index is 0.0922. The summed E-state index contributed by atoms with van der Waals surface area (Å²) < 4.78 is 4.89. The molecule has 1 heterocycles. The summed E-state index contributed by atoms with van der Waals surface area (Å²) in [7, 11) is 1.47. The molecule has 6 nitrogen and oxygen atoms in total.